The van der Waals surface area contributed by atoms with Crippen molar-refractivity contribution in [2.24, 2.45) is 0 Å². The van der Waals surface area contributed by atoms with E-state index in [1.165, 1.54) is 6.07 Å². The zero-order chi connectivity index (χ0) is 21.0. The van der Waals surface area contributed by atoms with Crippen molar-refractivity contribution in [2.45, 2.75) is 13.0 Å². The van der Waals surface area contributed by atoms with Gasteiger partial charge in [-0.15, -0.1) is 6.42 Å². The fourth-order valence-electron chi connectivity index (χ4n) is 2.50. The molecule has 9 heteroatoms. The first-order chi connectivity index (χ1) is 13.9. The molecule has 8 nitrogen and oxygen atoms in total. The maximum Gasteiger partial charge on any atom is 0.347 e. The number of terminal acetylenes is 1. The number of ether oxygens (including phenoxy) is 2. The van der Waals surface area contributed by atoms with Crippen LogP contribution < -0.4 is 14.5 Å². The molecule has 2 aromatic carbocycles. The minimum atomic E-state index is -0.804. The molecular weight excluding hydrogens is 396 g/mol. The van der Waals surface area contributed by atoms with Gasteiger partial charge in [-0.2, -0.15) is 0 Å². The molecule has 1 unspecified atom stereocenters. The number of nitrogens with zero attached hydrogens (tertiary/aromatic N) is 4. The van der Waals surface area contributed by atoms with Crippen LogP contribution >= 0.6 is 11.6 Å². The second-order valence-electron chi connectivity index (χ2n) is 6.04. The second kappa shape index (κ2) is 8.63. The Morgan fingerprint density at radius 3 is 2.76 bits per heavy atom. The Morgan fingerprint density at radius 1 is 1.34 bits per heavy atom. The van der Waals surface area contributed by atoms with Crippen LogP contribution in [0.5, 0.6) is 5.75 Å². The molecule has 0 saturated carbocycles. The summed E-state index contributed by atoms with van der Waals surface area (Å²) in [5, 5.41) is 16.6. The van der Waals surface area contributed by atoms with Gasteiger partial charge >= 0.3 is 5.97 Å². The first-order valence-electron chi connectivity index (χ1n) is 8.56. The Labute approximate surface area is 172 Å². The highest BCUT2D eigenvalue weighted by Crippen LogP contribution is 2.24. The highest BCUT2D eigenvalue weighted by molar-refractivity contribution is 6.31. The van der Waals surface area contributed by atoms with Crippen LogP contribution in [-0.2, 0) is 9.53 Å². The number of fused-ring (bicyclic) bond motifs is 1. The van der Waals surface area contributed by atoms with Crippen LogP contribution in [0.25, 0.3) is 11.0 Å². The van der Waals surface area contributed by atoms with Gasteiger partial charge in [0.25, 0.3) is 11.5 Å². The topological polar surface area (TPSA) is 91.5 Å². The number of carbonyl (C=O) groups is 1. The van der Waals surface area contributed by atoms with Crippen molar-refractivity contribution in [3.05, 3.63) is 52.7 Å². The first kappa shape index (κ1) is 20.2. The monoisotopic (exact) mass is 412 g/mol. The lowest BCUT2D eigenvalue weighted by Gasteiger charge is -2.17. The maximum atomic E-state index is 12.2. The predicted octanol–water partition coefficient (Wildman–Crippen LogP) is 2.63. The van der Waals surface area contributed by atoms with Crippen LogP contribution in [0.15, 0.2) is 42.5 Å². The fourth-order valence-corrected chi connectivity index (χ4v) is 2.66. The lowest BCUT2D eigenvalue weighted by molar-refractivity contribution is -0.641. The molecule has 0 amide bonds. The number of hydrogen-bond donors (Lipinski definition) is 0. The van der Waals surface area contributed by atoms with E-state index in [1.54, 1.807) is 55.3 Å². The average molecular weight is 413 g/mol. The van der Waals surface area contributed by atoms with Gasteiger partial charge in [0.15, 0.2) is 12.7 Å². The van der Waals surface area contributed by atoms with E-state index >= 15 is 0 Å². The normalized spacial score (nSPS) is 11.5. The number of aromatic nitrogens is 3. The highest BCUT2D eigenvalue weighted by atomic mass is 35.5. The molecular formula is C20H17ClN4O4. The van der Waals surface area contributed by atoms with Crippen molar-refractivity contribution in [1.29, 1.82) is 0 Å². The van der Waals surface area contributed by atoms with E-state index in [0.29, 0.717) is 26.8 Å². The summed E-state index contributed by atoms with van der Waals surface area (Å²) in [6.07, 6.45) is 4.26. The third-order valence-electron chi connectivity index (χ3n) is 4.01. The summed E-state index contributed by atoms with van der Waals surface area (Å²) in [6, 6.07) is 11.7. The number of hydrogen-bond acceptors (Lipinski definition) is 7. The molecule has 0 bridgehead atoms. The van der Waals surface area contributed by atoms with Crippen LogP contribution in [0.4, 0.5) is 11.6 Å². The van der Waals surface area contributed by atoms with E-state index in [1.807, 2.05) is 0 Å². The van der Waals surface area contributed by atoms with Crippen molar-refractivity contribution in [2.75, 3.05) is 18.6 Å². The minimum Gasteiger partial charge on any atom is -0.594 e. The molecule has 0 aliphatic heterocycles. The van der Waals surface area contributed by atoms with Crippen LogP contribution in [0.3, 0.4) is 0 Å². The third-order valence-corrected chi connectivity index (χ3v) is 4.25. The fraction of sp³-hybridized carbons (Fsp3) is 0.200. The Bertz CT molecular complexity index is 1080. The Balaban J connectivity index is 1.76. The maximum absolute atomic E-state index is 12.2. The van der Waals surface area contributed by atoms with Gasteiger partial charge in [-0.3, -0.25) is 0 Å². The Morgan fingerprint density at radius 2 is 2.07 bits per heavy atom. The van der Waals surface area contributed by atoms with E-state index in [0.717, 1.165) is 0 Å². The molecule has 1 aromatic heterocycles. The molecule has 29 heavy (non-hydrogen) atoms. The van der Waals surface area contributed by atoms with E-state index in [4.69, 9.17) is 27.5 Å². The number of esters is 1. The van der Waals surface area contributed by atoms with Gasteiger partial charge in [0.2, 0.25) is 0 Å². The predicted molar refractivity (Wildman–Crippen MR) is 108 cm³/mol. The molecule has 3 aromatic rings. The summed E-state index contributed by atoms with van der Waals surface area (Å²) >= 11 is 5.92. The first-order valence-corrected chi connectivity index (χ1v) is 8.94. The summed E-state index contributed by atoms with van der Waals surface area (Å²) in [7, 11) is 1.73. The minimum absolute atomic E-state index is 0.103. The Kier molecular flexibility index (Phi) is 6.00. The van der Waals surface area contributed by atoms with Crippen molar-refractivity contribution >= 4 is 40.2 Å². The van der Waals surface area contributed by atoms with Gasteiger partial charge in [-0.25, -0.2) is 9.78 Å². The lowest BCUT2D eigenvalue weighted by atomic mass is 10.3. The molecule has 0 N–H and O–H groups in total. The van der Waals surface area contributed by atoms with Gasteiger partial charge in [0.05, 0.1) is 5.10 Å². The summed E-state index contributed by atoms with van der Waals surface area (Å²) in [6.45, 7) is 1.47. The summed E-state index contributed by atoms with van der Waals surface area (Å²) in [5.74, 6) is 2.37. The summed E-state index contributed by atoms with van der Waals surface area (Å²) in [4.78, 5) is 18.3. The number of carbonyl (C=O) groups excluding carboxylic acids is 1. The summed E-state index contributed by atoms with van der Waals surface area (Å²) in [5.41, 5.74) is 1.47. The van der Waals surface area contributed by atoms with Crippen LogP contribution in [0.1, 0.15) is 6.92 Å². The third kappa shape index (κ3) is 4.65. The van der Waals surface area contributed by atoms with Gasteiger partial charge < -0.3 is 19.6 Å². The van der Waals surface area contributed by atoms with E-state index in [9.17, 15) is 10.0 Å². The van der Waals surface area contributed by atoms with Gasteiger partial charge in [0.1, 0.15) is 11.3 Å². The van der Waals surface area contributed by atoms with Crippen molar-refractivity contribution < 1.29 is 19.1 Å². The highest BCUT2D eigenvalue weighted by Gasteiger charge is 2.18. The number of rotatable bonds is 6. The van der Waals surface area contributed by atoms with Crippen LogP contribution in [0.2, 0.25) is 5.02 Å². The van der Waals surface area contributed by atoms with E-state index < -0.39 is 12.1 Å². The molecule has 0 fully saturated rings. The molecule has 1 heterocycles. The molecule has 0 radical (unpaired) electrons. The quantitative estimate of drug-likeness (QED) is 0.266. The van der Waals surface area contributed by atoms with Gasteiger partial charge in [-0.05, 0) is 48.2 Å². The largest absolute Gasteiger partial charge is 0.594 e. The molecule has 0 aliphatic rings. The van der Waals surface area contributed by atoms with Crippen molar-refractivity contribution in [3.8, 4) is 18.1 Å². The van der Waals surface area contributed by atoms with Crippen LogP contribution in [-0.4, -0.2) is 35.8 Å². The smallest absolute Gasteiger partial charge is 0.347 e. The number of halogens is 1. The average Bonchev–Trinajstić information content (AvgIpc) is 2.72. The van der Waals surface area contributed by atoms with Crippen molar-refractivity contribution in [1.82, 2.24) is 10.1 Å². The molecule has 0 spiro atoms. The zero-order valence-electron chi connectivity index (χ0n) is 15.7. The van der Waals surface area contributed by atoms with E-state index in [-0.39, 0.29) is 18.1 Å². The second-order valence-corrected chi connectivity index (χ2v) is 6.48. The zero-order valence-corrected chi connectivity index (χ0v) is 16.5. The van der Waals surface area contributed by atoms with Gasteiger partial charge in [0, 0.05) is 23.8 Å². The molecule has 0 aliphatic carbocycles. The lowest BCUT2D eigenvalue weighted by Crippen LogP contribution is -2.34. The number of benzene rings is 2. The molecule has 148 valence electrons. The number of anilines is 2. The molecule has 3 rings (SSSR count). The Hall–Kier alpha value is -3.57. The SMILES string of the molecule is C#CCOC(=O)C(C)Oc1ccc(N(C)c2nc3ccc(Cl)cc3[n+]([O-])n2)cc1. The standard InChI is InChI=1S/C20H17ClN4O4/c1-4-11-28-19(26)13(2)29-16-8-6-15(7-9-16)24(3)20-22-17-10-5-14(21)12-18(17)25(27)23-20/h1,5-10,12-13H,11H2,2-3H3. The summed E-state index contributed by atoms with van der Waals surface area (Å²) < 4.78 is 10.4. The molecule has 0 saturated heterocycles. The van der Waals surface area contributed by atoms with Gasteiger partial charge in [-0.1, -0.05) is 17.5 Å². The van der Waals surface area contributed by atoms with Crippen LogP contribution in [0, 0.1) is 17.6 Å². The molecule has 1 atom stereocenters. The van der Waals surface area contributed by atoms with E-state index in [2.05, 4.69) is 16.0 Å². The van der Waals surface area contributed by atoms with Crippen molar-refractivity contribution in [3.63, 3.8) is 0 Å².